The van der Waals surface area contributed by atoms with E-state index in [1.165, 1.54) is 24.3 Å². The standard InChI is InChI=1S/C23H24N4O5/c1-26(2)11-4-12-32-19-9-7-16(8-10-19)14-20-22(28)25-21(23(29)24-20)15-17-5-3-6-18(13-17)27(30)31/h3,5-10,13-15H,4,11-12H2,1-2H3,(H,24,29)(H,25,28)/b20-14-,21-15-. The normalized spacial score (nSPS) is 12.3. The van der Waals surface area contributed by atoms with Gasteiger partial charge >= 0.3 is 0 Å². The first-order chi connectivity index (χ1) is 15.3. The highest BCUT2D eigenvalue weighted by Gasteiger charge is 2.05. The predicted octanol–water partition coefficient (Wildman–Crippen LogP) is 0.960. The zero-order valence-electron chi connectivity index (χ0n) is 17.8. The van der Waals surface area contributed by atoms with Crippen LogP contribution in [-0.2, 0) is 0 Å². The molecule has 0 radical (unpaired) electrons. The van der Waals surface area contributed by atoms with Gasteiger partial charge in [0.25, 0.3) is 16.8 Å². The third kappa shape index (κ3) is 6.26. The average Bonchev–Trinajstić information content (AvgIpc) is 2.76. The molecule has 0 bridgehead atoms. The Balaban J connectivity index is 1.82. The maximum absolute atomic E-state index is 12.4. The second kappa shape index (κ2) is 10.4. The number of nitrogens with one attached hydrogen (secondary N) is 2. The van der Waals surface area contributed by atoms with Gasteiger partial charge < -0.3 is 19.6 Å². The van der Waals surface area contributed by atoms with Crippen molar-refractivity contribution in [3.63, 3.8) is 0 Å². The summed E-state index contributed by atoms with van der Waals surface area (Å²) < 4.78 is 5.69. The van der Waals surface area contributed by atoms with Gasteiger partial charge in [0.1, 0.15) is 16.4 Å². The quantitative estimate of drug-likeness (QED) is 0.308. The van der Waals surface area contributed by atoms with Crippen LogP contribution in [0, 0.1) is 10.1 Å². The van der Waals surface area contributed by atoms with E-state index < -0.39 is 16.0 Å². The molecule has 0 fully saturated rings. The number of H-pyrrole nitrogens is 2. The molecule has 0 saturated heterocycles. The second-order valence-electron chi connectivity index (χ2n) is 7.45. The Morgan fingerprint density at radius 1 is 0.969 bits per heavy atom. The van der Waals surface area contributed by atoms with E-state index in [0.717, 1.165) is 24.3 Å². The fraction of sp³-hybridized carbons (Fsp3) is 0.217. The largest absolute Gasteiger partial charge is 0.494 e. The van der Waals surface area contributed by atoms with E-state index >= 15 is 0 Å². The zero-order chi connectivity index (χ0) is 23.1. The first-order valence-corrected chi connectivity index (χ1v) is 10.00. The highest BCUT2D eigenvalue weighted by atomic mass is 16.6. The minimum Gasteiger partial charge on any atom is -0.494 e. The fourth-order valence-electron chi connectivity index (χ4n) is 2.99. The highest BCUT2D eigenvalue weighted by molar-refractivity contribution is 5.53. The van der Waals surface area contributed by atoms with Crippen molar-refractivity contribution < 1.29 is 9.66 Å². The van der Waals surface area contributed by atoms with E-state index in [-0.39, 0.29) is 16.4 Å². The number of rotatable bonds is 8. The molecule has 9 heteroatoms. The molecule has 0 aliphatic heterocycles. The van der Waals surface area contributed by atoms with Gasteiger partial charge in [-0.05, 0) is 55.9 Å². The van der Waals surface area contributed by atoms with E-state index in [0.29, 0.717) is 12.2 Å². The van der Waals surface area contributed by atoms with Crippen molar-refractivity contribution in [2.24, 2.45) is 0 Å². The Morgan fingerprint density at radius 3 is 2.19 bits per heavy atom. The van der Waals surface area contributed by atoms with Crippen molar-refractivity contribution in [3.05, 3.63) is 101 Å². The van der Waals surface area contributed by atoms with E-state index in [2.05, 4.69) is 14.9 Å². The van der Waals surface area contributed by atoms with Crippen molar-refractivity contribution in [2.45, 2.75) is 6.42 Å². The molecule has 3 rings (SSSR count). The Bertz CT molecular complexity index is 1320. The van der Waals surface area contributed by atoms with Gasteiger partial charge in [0.2, 0.25) is 0 Å². The van der Waals surface area contributed by atoms with Crippen LogP contribution in [-0.4, -0.2) is 47.0 Å². The van der Waals surface area contributed by atoms with Crippen LogP contribution in [0.1, 0.15) is 17.5 Å². The molecule has 0 spiro atoms. The molecule has 0 aliphatic carbocycles. The van der Waals surface area contributed by atoms with E-state index in [1.807, 2.05) is 14.1 Å². The number of nitro groups is 1. The average molecular weight is 436 g/mol. The highest BCUT2D eigenvalue weighted by Crippen LogP contribution is 2.13. The number of benzene rings is 2. The summed E-state index contributed by atoms with van der Waals surface area (Å²) in [5, 5.41) is 11.0. The number of hydrogen-bond donors (Lipinski definition) is 2. The van der Waals surface area contributed by atoms with E-state index in [9.17, 15) is 19.7 Å². The summed E-state index contributed by atoms with van der Waals surface area (Å²) in [5.74, 6) is 0.727. The van der Waals surface area contributed by atoms with Crippen LogP contribution in [0.2, 0.25) is 0 Å². The topological polar surface area (TPSA) is 121 Å². The summed E-state index contributed by atoms with van der Waals surface area (Å²) in [4.78, 5) is 42.4. The summed E-state index contributed by atoms with van der Waals surface area (Å²) in [6.45, 7) is 1.55. The summed E-state index contributed by atoms with van der Waals surface area (Å²) in [7, 11) is 4.02. The maximum atomic E-state index is 12.4. The summed E-state index contributed by atoms with van der Waals surface area (Å²) in [5.41, 5.74) is 0.0570. The second-order valence-corrected chi connectivity index (χ2v) is 7.45. The van der Waals surface area contributed by atoms with Crippen molar-refractivity contribution in [3.8, 4) is 5.75 Å². The van der Waals surface area contributed by atoms with Crippen molar-refractivity contribution in [2.75, 3.05) is 27.2 Å². The number of nitrogens with zero attached hydrogens (tertiary/aromatic N) is 2. The summed E-state index contributed by atoms with van der Waals surface area (Å²) in [6, 6.07) is 13.0. The monoisotopic (exact) mass is 436 g/mol. The van der Waals surface area contributed by atoms with Crippen molar-refractivity contribution in [1.82, 2.24) is 14.9 Å². The molecule has 1 heterocycles. The smallest absolute Gasteiger partial charge is 0.272 e. The fourth-order valence-corrected chi connectivity index (χ4v) is 2.99. The van der Waals surface area contributed by atoms with Crippen molar-refractivity contribution in [1.29, 1.82) is 0 Å². The third-order valence-electron chi connectivity index (χ3n) is 4.59. The zero-order valence-corrected chi connectivity index (χ0v) is 17.8. The molecule has 0 unspecified atom stereocenters. The minimum atomic E-state index is -0.525. The van der Waals surface area contributed by atoms with Gasteiger partial charge in [-0.2, -0.15) is 0 Å². The van der Waals surface area contributed by atoms with Crippen LogP contribution in [0.5, 0.6) is 5.75 Å². The molecular weight excluding hydrogens is 412 g/mol. The lowest BCUT2D eigenvalue weighted by Gasteiger charge is -2.10. The molecule has 3 aromatic rings. The first kappa shape index (κ1) is 22.7. The van der Waals surface area contributed by atoms with Crippen LogP contribution in [0.25, 0.3) is 12.2 Å². The lowest BCUT2D eigenvalue weighted by atomic mass is 10.2. The molecule has 2 N–H and O–H groups in total. The first-order valence-electron chi connectivity index (χ1n) is 10.00. The molecule has 32 heavy (non-hydrogen) atoms. The molecule has 0 atom stereocenters. The van der Waals surface area contributed by atoms with Gasteiger partial charge in [-0.15, -0.1) is 0 Å². The molecule has 9 nitrogen and oxygen atoms in total. The Morgan fingerprint density at radius 2 is 1.59 bits per heavy atom. The van der Waals surface area contributed by atoms with Crippen LogP contribution in [0.15, 0.2) is 58.1 Å². The lowest BCUT2D eigenvalue weighted by molar-refractivity contribution is -0.384. The van der Waals surface area contributed by atoms with Gasteiger partial charge in [-0.3, -0.25) is 19.7 Å². The van der Waals surface area contributed by atoms with Crippen LogP contribution in [0.3, 0.4) is 0 Å². The van der Waals surface area contributed by atoms with Gasteiger partial charge in [0, 0.05) is 18.7 Å². The Hall–Kier alpha value is -3.98. The molecular formula is C23H24N4O5. The van der Waals surface area contributed by atoms with Crippen LogP contribution >= 0.6 is 0 Å². The van der Waals surface area contributed by atoms with Gasteiger partial charge in [-0.1, -0.05) is 24.3 Å². The molecule has 0 saturated carbocycles. The Labute approximate surface area is 183 Å². The number of hydrogen-bond acceptors (Lipinski definition) is 6. The maximum Gasteiger partial charge on any atom is 0.272 e. The van der Waals surface area contributed by atoms with Gasteiger partial charge in [-0.25, -0.2) is 0 Å². The SMILES string of the molecule is CN(C)CCCOc1ccc(/C=c2\[nH]c(=O)/c(=C/c3cccc([N+](=O)[O-])c3)[nH]c2=O)cc1. The van der Waals surface area contributed by atoms with Crippen LogP contribution in [0.4, 0.5) is 5.69 Å². The molecule has 0 amide bonds. The molecule has 1 aromatic heterocycles. The van der Waals surface area contributed by atoms with Gasteiger partial charge in [0.15, 0.2) is 0 Å². The van der Waals surface area contributed by atoms with Gasteiger partial charge in [0.05, 0.1) is 11.5 Å². The number of nitro benzene ring substituents is 1. The van der Waals surface area contributed by atoms with Crippen molar-refractivity contribution >= 4 is 17.8 Å². The Kier molecular flexibility index (Phi) is 7.35. The number of non-ortho nitro benzene ring substituents is 1. The summed E-state index contributed by atoms with van der Waals surface area (Å²) in [6.07, 6.45) is 3.86. The molecule has 2 aromatic carbocycles. The number of aromatic nitrogens is 2. The number of ether oxygens (including phenoxy) is 1. The lowest BCUT2D eigenvalue weighted by Crippen LogP contribution is -2.46. The molecule has 0 aliphatic rings. The number of aromatic amines is 2. The predicted molar refractivity (Wildman–Crippen MR) is 122 cm³/mol. The molecule has 166 valence electrons. The van der Waals surface area contributed by atoms with E-state index in [1.54, 1.807) is 36.4 Å². The minimum absolute atomic E-state index is 0.00844. The van der Waals surface area contributed by atoms with Crippen LogP contribution < -0.4 is 26.6 Å². The van der Waals surface area contributed by atoms with E-state index in [4.69, 9.17) is 4.74 Å². The third-order valence-corrected chi connectivity index (χ3v) is 4.59. The summed E-state index contributed by atoms with van der Waals surface area (Å²) >= 11 is 0.